The zero-order valence-corrected chi connectivity index (χ0v) is 17.1. The molecule has 27 heavy (non-hydrogen) atoms. The lowest BCUT2D eigenvalue weighted by Gasteiger charge is -2.24. The van der Waals surface area contributed by atoms with Gasteiger partial charge in [-0.3, -0.25) is 0 Å². The fourth-order valence-corrected chi connectivity index (χ4v) is 2.17. The molecule has 2 unspecified atom stereocenters. The molecule has 0 amide bonds. The maximum atomic E-state index is 9.74. The molecule has 0 heterocycles. The molecule has 148 valence electrons. The van der Waals surface area contributed by atoms with Crippen LogP contribution in [0.3, 0.4) is 0 Å². The molecule has 2 aromatic rings. The third-order valence-corrected chi connectivity index (χ3v) is 4.50. The van der Waals surface area contributed by atoms with Crippen molar-refractivity contribution in [3.63, 3.8) is 0 Å². The summed E-state index contributed by atoms with van der Waals surface area (Å²) in [6.45, 7) is 9.41. The van der Waals surface area contributed by atoms with Gasteiger partial charge in [-0.2, -0.15) is 0 Å². The van der Waals surface area contributed by atoms with Gasteiger partial charge < -0.3 is 14.3 Å². The molecule has 0 spiro atoms. The molecule has 2 atom stereocenters. The lowest BCUT2D eigenvalue weighted by atomic mass is 10.1. The molecule has 3 nitrogen and oxygen atoms in total. The van der Waals surface area contributed by atoms with E-state index in [0.717, 1.165) is 19.1 Å². The summed E-state index contributed by atoms with van der Waals surface area (Å²) in [6.07, 6.45) is 2.80. The molecule has 0 aliphatic rings. The van der Waals surface area contributed by atoms with Gasteiger partial charge in [-0.1, -0.05) is 88.4 Å². The molecule has 0 fully saturated rings. The number of hydrogen-bond donors (Lipinski definition) is 0. The monoisotopic (exact) mass is 370 g/mol. The number of aldehydes is 1. The smallest absolute Gasteiger partial charge is 0.160 e. The predicted molar refractivity (Wildman–Crippen MR) is 111 cm³/mol. The first-order valence-corrected chi connectivity index (χ1v) is 9.87. The number of ether oxygens (including phenoxy) is 2. The van der Waals surface area contributed by atoms with E-state index in [1.807, 2.05) is 50.2 Å². The number of carbonyl (C=O) groups excluding carboxylic acids is 1. The molecule has 0 radical (unpaired) electrons. The van der Waals surface area contributed by atoms with E-state index in [0.29, 0.717) is 19.1 Å². The predicted octanol–water partition coefficient (Wildman–Crippen LogP) is 6.02. The topological polar surface area (TPSA) is 35.5 Å². The second kappa shape index (κ2) is 14.1. The highest BCUT2D eigenvalue weighted by Gasteiger charge is 2.17. The summed E-state index contributed by atoms with van der Waals surface area (Å²) in [5.41, 5.74) is 2.35. The van der Waals surface area contributed by atoms with Crippen LogP contribution in [0.2, 0.25) is 0 Å². The summed E-state index contributed by atoms with van der Waals surface area (Å²) >= 11 is 0. The SMILES string of the molecule is CCC(C)C(OCc1ccccc1)OCc1ccccc1.CCC(C)C=O. The second-order valence-corrected chi connectivity index (χ2v) is 6.87. The van der Waals surface area contributed by atoms with Crippen LogP contribution in [-0.4, -0.2) is 12.6 Å². The van der Waals surface area contributed by atoms with E-state index in [-0.39, 0.29) is 12.2 Å². The van der Waals surface area contributed by atoms with Gasteiger partial charge in [-0.25, -0.2) is 0 Å². The van der Waals surface area contributed by atoms with Crippen LogP contribution in [0.15, 0.2) is 60.7 Å². The van der Waals surface area contributed by atoms with Crippen LogP contribution >= 0.6 is 0 Å². The van der Waals surface area contributed by atoms with Gasteiger partial charge >= 0.3 is 0 Å². The molecule has 0 aliphatic heterocycles. The molecule has 2 aromatic carbocycles. The van der Waals surface area contributed by atoms with Crippen molar-refractivity contribution in [3.05, 3.63) is 71.8 Å². The van der Waals surface area contributed by atoms with Crippen molar-refractivity contribution < 1.29 is 14.3 Å². The highest BCUT2D eigenvalue weighted by molar-refractivity contribution is 5.52. The Morgan fingerprint density at radius 2 is 1.22 bits per heavy atom. The average Bonchev–Trinajstić information content (AvgIpc) is 2.74. The third kappa shape index (κ3) is 10.1. The van der Waals surface area contributed by atoms with Gasteiger partial charge in [0.05, 0.1) is 13.2 Å². The number of benzene rings is 2. The Labute approximate surface area is 164 Å². The minimum atomic E-state index is -0.171. The van der Waals surface area contributed by atoms with Gasteiger partial charge in [-0.05, 0) is 24.0 Å². The fraction of sp³-hybridized carbons (Fsp3) is 0.458. The van der Waals surface area contributed by atoms with E-state index < -0.39 is 0 Å². The Morgan fingerprint density at radius 1 is 0.778 bits per heavy atom. The van der Waals surface area contributed by atoms with Crippen LogP contribution in [0, 0.1) is 11.8 Å². The lowest BCUT2D eigenvalue weighted by Crippen LogP contribution is -2.24. The van der Waals surface area contributed by atoms with Crippen molar-refractivity contribution in [2.24, 2.45) is 11.8 Å². The van der Waals surface area contributed by atoms with Gasteiger partial charge in [0.25, 0.3) is 0 Å². The molecule has 0 aliphatic carbocycles. The van der Waals surface area contributed by atoms with Crippen molar-refractivity contribution >= 4 is 6.29 Å². The number of carbonyl (C=O) groups is 1. The zero-order chi connectivity index (χ0) is 19.9. The average molecular weight is 371 g/mol. The second-order valence-electron chi connectivity index (χ2n) is 6.87. The molecular weight excluding hydrogens is 336 g/mol. The first kappa shape index (κ1) is 23.1. The van der Waals surface area contributed by atoms with Crippen molar-refractivity contribution in [2.45, 2.75) is 60.0 Å². The van der Waals surface area contributed by atoms with E-state index in [9.17, 15) is 4.79 Å². The standard InChI is InChI=1S/C19H24O2.C5H10O/c1-3-16(2)19(20-14-17-10-6-4-7-11-17)21-15-18-12-8-5-9-13-18;1-3-5(2)4-6/h4-13,16,19H,3,14-15H2,1-2H3;4-5H,3H2,1-2H3. The van der Waals surface area contributed by atoms with Crippen LogP contribution in [0.4, 0.5) is 0 Å². The summed E-state index contributed by atoms with van der Waals surface area (Å²) in [5.74, 6) is 0.627. The van der Waals surface area contributed by atoms with E-state index in [2.05, 4.69) is 38.1 Å². The Morgan fingerprint density at radius 3 is 1.52 bits per heavy atom. The van der Waals surface area contributed by atoms with Crippen LogP contribution < -0.4 is 0 Å². The van der Waals surface area contributed by atoms with Crippen molar-refractivity contribution in [3.8, 4) is 0 Å². The van der Waals surface area contributed by atoms with E-state index >= 15 is 0 Å². The molecule has 0 saturated heterocycles. The third-order valence-electron chi connectivity index (χ3n) is 4.50. The molecule has 0 bridgehead atoms. The van der Waals surface area contributed by atoms with Crippen molar-refractivity contribution in [2.75, 3.05) is 0 Å². The molecular formula is C24H34O3. The Balaban J connectivity index is 0.000000527. The molecule has 0 N–H and O–H groups in total. The Kier molecular flexibility index (Phi) is 12.1. The fourth-order valence-electron chi connectivity index (χ4n) is 2.17. The quantitative estimate of drug-likeness (QED) is 0.379. The highest BCUT2D eigenvalue weighted by Crippen LogP contribution is 2.17. The van der Waals surface area contributed by atoms with Crippen LogP contribution in [0.5, 0.6) is 0 Å². The lowest BCUT2D eigenvalue weighted by molar-refractivity contribution is -0.183. The Hall–Kier alpha value is -1.97. The first-order chi connectivity index (χ1) is 13.1. The maximum absolute atomic E-state index is 9.74. The molecule has 0 aromatic heterocycles. The van der Waals surface area contributed by atoms with Crippen LogP contribution in [-0.2, 0) is 27.5 Å². The van der Waals surface area contributed by atoms with Gasteiger partial charge in [0, 0.05) is 11.8 Å². The van der Waals surface area contributed by atoms with E-state index in [1.165, 1.54) is 11.1 Å². The normalized spacial score (nSPS) is 12.8. The number of rotatable bonds is 10. The Bertz CT molecular complexity index is 554. The maximum Gasteiger partial charge on any atom is 0.160 e. The summed E-state index contributed by atoms with van der Waals surface area (Å²) in [7, 11) is 0. The summed E-state index contributed by atoms with van der Waals surface area (Å²) in [5, 5.41) is 0. The van der Waals surface area contributed by atoms with Gasteiger partial charge in [0.2, 0.25) is 0 Å². The largest absolute Gasteiger partial charge is 0.348 e. The minimum absolute atomic E-state index is 0.171. The summed E-state index contributed by atoms with van der Waals surface area (Å²) < 4.78 is 12.0. The van der Waals surface area contributed by atoms with E-state index in [1.54, 1.807) is 0 Å². The molecule has 2 rings (SSSR count). The molecule has 3 heteroatoms. The van der Waals surface area contributed by atoms with E-state index in [4.69, 9.17) is 9.47 Å². The van der Waals surface area contributed by atoms with Crippen molar-refractivity contribution in [1.29, 1.82) is 0 Å². The van der Waals surface area contributed by atoms with Gasteiger partial charge in [0.1, 0.15) is 6.29 Å². The van der Waals surface area contributed by atoms with Crippen LogP contribution in [0.1, 0.15) is 51.7 Å². The van der Waals surface area contributed by atoms with Gasteiger partial charge in [-0.15, -0.1) is 0 Å². The molecule has 0 saturated carbocycles. The highest BCUT2D eigenvalue weighted by atomic mass is 16.7. The number of hydrogen-bond acceptors (Lipinski definition) is 3. The van der Waals surface area contributed by atoms with Crippen LogP contribution in [0.25, 0.3) is 0 Å². The van der Waals surface area contributed by atoms with Gasteiger partial charge in [0.15, 0.2) is 6.29 Å². The summed E-state index contributed by atoms with van der Waals surface area (Å²) in [4.78, 5) is 9.74. The van der Waals surface area contributed by atoms with Crippen molar-refractivity contribution in [1.82, 2.24) is 0 Å². The summed E-state index contributed by atoms with van der Waals surface area (Å²) in [6, 6.07) is 20.4. The first-order valence-electron chi connectivity index (χ1n) is 9.87. The zero-order valence-electron chi connectivity index (χ0n) is 17.1. The minimum Gasteiger partial charge on any atom is -0.348 e.